The maximum atomic E-state index is 12.4. The number of rotatable bonds is 4. The van der Waals surface area contributed by atoms with Gasteiger partial charge in [0.15, 0.2) is 0 Å². The third-order valence-electron chi connectivity index (χ3n) is 4.25. The molecule has 0 radical (unpaired) electrons. The van der Waals surface area contributed by atoms with Gasteiger partial charge in [-0.25, -0.2) is 0 Å². The second-order valence-electron chi connectivity index (χ2n) is 5.74. The van der Waals surface area contributed by atoms with E-state index in [1.807, 2.05) is 30.3 Å². The van der Waals surface area contributed by atoms with Crippen LogP contribution < -0.4 is 16.0 Å². The van der Waals surface area contributed by atoms with Crippen LogP contribution in [-0.4, -0.2) is 43.2 Å². The molecule has 2 saturated heterocycles. The lowest BCUT2D eigenvalue weighted by Crippen LogP contribution is -2.45. The largest absolute Gasteiger partial charge is 0.364 e. The lowest BCUT2D eigenvalue weighted by molar-refractivity contribution is -0.134. The highest BCUT2D eigenvalue weighted by molar-refractivity contribution is 6.01. The van der Waals surface area contributed by atoms with Crippen molar-refractivity contribution >= 4 is 29.9 Å². The molecule has 1 aromatic carbocycles. The normalized spacial score (nSPS) is 26.9. The van der Waals surface area contributed by atoms with Crippen LogP contribution in [0, 0.1) is 0 Å². The summed E-state index contributed by atoms with van der Waals surface area (Å²) in [6, 6.07) is 9.03. The number of nitrogens with one attached hydrogen (secondary N) is 1. The van der Waals surface area contributed by atoms with Crippen molar-refractivity contribution in [3.63, 3.8) is 0 Å². The second-order valence-corrected chi connectivity index (χ2v) is 5.74. The summed E-state index contributed by atoms with van der Waals surface area (Å²) in [5.74, 6) is -0.267. The number of halogens is 1. The summed E-state index contributed by atoms with van der Waals surface area (Å²) in [5, 5.41) is 2.82. The number of nitrogens with two attached hydrogens (primary N) is 1. The van der Waals surface area contributed by atoms with Crippen LogP contribution in [0.2, 0.25) is 0 Å². The highest BCUT2D eigenvalue weighted by Crippen LogP contribution is 2.23. The van der Waals surface area contributed by atoms with E-state index in [2.05, 4.69) is 5.32 Å². The third-order valence-corrected chi connectivity index (χ3v) is 4.25. The first-order valence-electron chi connectivity index (χ1n) is 7.71. The van der Waals surface area contributed by atoms with Crippen molar-refractivity contribution in [2.24, 2.45) is 5.73 Å². The molecule has 0 spiro atoms. The fourth-order valence-electron chi connectivity index (χ4n) is 3.01. The first-order chi connectivity index (χ1) is 10.7. The highest BCUT2D eigenvalue weighted by atomic mass is 35.5. The van der Waals surface area contributed by atoms with Crippen LogP contribution in [0.25, 0.3) is 0 Å². The minimum Gasteiger partial charge on any atom is -0.364 e. The van der Waals surface area contributed by atoms with Gasteiger partial charge >= 0.3 is 0 Å². The number of ether oxygens (including phenoxy) is 1. The Hall–Kier alpha value is -1.63. The number of anilines is 1. The molecule has 2 aliphatic rings. The summed E-state index contributed by atoms with van der Waals surface area (Å²) in [6.07, 6.45) is 1.55. The van der Waals surface area contributed by atoms with Gasteiger partial charge < -0.3 is 20.7 Å². The van der Waals surface area contributed by atoms with Gasteiger partial charge in [0.25, 0.3) is 0 Å². The van der Waals surface area contributed by atoms with Gasteiger partial charge in [-0.1, -0.05) is 18.2 Å². The molecule has 6 nitrogen and oxygen atoms in total. The summed E-state index contributed by atoms with van der Waals surface area (Å²) in [4.78, 5) is 26.3. The Labute approximate surface area is 141 Å². The molecule has 7 heteroatoms. The van der Waals surface area contributed by atoms with E-state index in [0.717, 1.165) is 12.1 Å². The summed E-state index contributed by atoms with van der Waals surface area (Å²) in [5.41, 5.74) is 6.41. The number of benzene rings is 1. The number of carbonyl (C=O) groups is 2. The van der Waals surface area contributed by atoms with E-state index in [1.165, 1.54) is 0 Å². The van der Waals surface area contributed by atoms with Gasteiger partial charge in [-0.05, 0) is 31.4 Å². The number of hydrogen-bond donors (Lipinski definition) is 2. The van der Waals surface area contributed by atoms with Gasteiger partial charge in [-0.2, -0.15) is 0 Å². The average molecular weight is 340 g/mol. The first kappa shape index (κ1) is 17.7. The zero-order valence-electron chi connectivity index (χ0n) is 12.8. The fourth-order valence-corrected chi connectivity index (χ4v) is 3.01. The smallest absolute Gasteiger partial charge is 0.249 e. The van der Waals surface area contributed by atoms with Crippen LogP contribution in [0.1, 0.15) is 19.3 Å². The van der Waals surface area contributed by atoms with Crippen molar-refractivity contribution in [1.29, 1.82) is 0 Å². The van der Waals surface area contributed by atoms with Crippen molar-refractivity contribution in [3.8, 4) is 0 Å². The quantitative estimate of drug-likeness (QED) is 0.851. The van der Waals surface area contributed by atoms with E-state index < -0.39 is 12.1 Å². The summed E-state index contributed by atoms with van der Waals surface area (Å²) < 4.78 is 5.57. The highest BCUT2D eigenvalue weighted by Gasteiger charge is 2.37. The Morgan fingerprint density at radius 3 is 2.65 bits per heavy atom. The summed E-state index contributed by atoms with van der Waals surface area (Å²) in [7, 11) is 0. The van der Waals surface area contributed by atoms with Crippen LogP contribution >= 0.6 is 12.4 Å². The zero-order valence-corrected chi connectivity index (χ0v) is 13.6. The minimum atomic E-state index is -0.480. The molecule has 2 fully saturated rings. The van der Waals surface area contributed by atoms with Gasteiger partial charge in [0.1, 0.15) is 12.1 Å². The molecular weight excluding hydrogens is 318 g/mol. The average Bonchev–Trinajstić information content (AvgIpc) is 3.16. The van der Waals surface area contributed by atoms with Crippen LogP contribution in [0.5, 0.6) is 0 Å². The Bertz CT molecular complexity index is 555. The number of hydrogen-bond acceptors (Lipinski definition) is 4. The Morgan fingerprint density at radius 1 is 1.26 bits per heavy atom. The lowest BCUT2D eigenvalue weighted by atomic mass is 10.1. The second kappa shape index (κ2) is 7.77. The molecule has 126 valence electrons. The summed E-state index contributed by atoms with van der Waals surface area (Å²) >= 11 is 0. The molecular formula is C16H22ClN3O3. The first-order valence-corrected chi connectivity index (χ1v) is 7.71. The van der Waals surface area contributed by atoms with Gasteiger partial charge in [0, 0.05) is 18.8 Å². The van der Waals surface area contributed by atoms with Crippen LogP contribution in [0.3, 0.4) is 0 Å². The molecule has 2 heterocycles. The molecule has 1 aromatic rings. The van der Waals surface area contributed by atoms with Gasteiger partial charge in [-0.15, -0.1) is 12.4 Å². The number of amides is 2. The molecule has 0 aromatic heterocycles. The zero-order chi connectivity index (χ0) is 15.5. The predicted molar refractivity (Wildman–Crippen MR) is 89.5 cm³/mol. The fraction of sp³-hybridized carbons (Fsp3) is 0.500. The topological polar surface area (TPSA) is 84.7 Å². The maximum absolute atomic E-state index is 12.4. The van der Waals surface area contributed by atoms with Gasteiger partial charge in [-0.3, -0.25) is 9.59 Å². The van der Waals surface area contributed by atoms with Crippen molar-refractivity contribution in [3.05, 3.63) is 30.3 Å². The van der Waals surface area contributed by atoms with E-state index in [4.69, 9.17) is 10.5 Å². The third kappa shape index (κ3) is 3.83. The van der Waals surface area contributed by atoms with Crippen LogP contribution in [0.4, 0.5) is 5.69 Å². The summed E-state index contributed by atoms with van der Waals surface area (Å²) in [6.45, 7) is 1.04. The number of para-hydroxylation sites is 1. The van der Waals surface area contributed by atoms with Crippen LogP contribution in [-0.2, 0) is 14.3 Å². The maximum Gasteiger partial charge on any atom is 0.249 e. The monoisotopic (exact) mass is 339 g/mol. The molecule has 0 bridgehead atoms. The molecule has 0 saturated carbocycles. The number of nitrogens with zero attached hydrogens (tertiary/aromatic N) is 1. The van der Waals surface area contributed by atoms with E-state index >= 15 is 0 Å². The van der Waals surface area contributed by atoms with E-state index in [-0.39, 0.29) is 30.3 Å². The molecule has 1 unspecified atom stereocenters. The van der Waals surface area contributed by atoms with Gasteiger partial charge in [0.2, 0.25) is 11.8 Å². The molecule has 3 rings (SSSR count). The van der Waals surface area contributed by atoms with Gasteiger partial charge in [0.05, 0.1) is 6.10 Å². The van der Waals surface area contributed by atoms with Crippen molar-refractivity contribution in [1.82, 2.24) is 5.32 Å². The van der Waals surface area contributed by atoms with E-state index in [1.54, 1.807) is 4.90 Å². The lowest BCUT2D eigenvalue weighted by Gasteiger charge is -2.18. The Morgan fingerprint density at radius 2 is 2.00 bits per heavy atom. The Kier molecular flexibility index (Phi) is 5.98. The van der Waals surface area contributed by atoms with Crippen molar-refractivity contribution in [2.75, 3.05) is 18.0 Å². The molecule has 3 atom stereocenters. The number of carbonyl (C=O) groups excluding carboxylic acids is 2. The minimum absolute atomic E-state index is 0. The van der Waals surface area contributed by atoms with Crippen molar-refractivity contribution in [2.45, 2.75) is 37.5 Å². The SMILES string of the molecule is Cl.NC[C@H]1CC[C@@H](C(=O)NC2CCN(c3ccccc3)C2=O)O1. The van der Waals surface area contributed by atoms with E-state index in [0.29, 0.717) is 25.9 Å². The molecule has 2 aliphatic heterocycles. The van der Waals surface area contributed by atoms with Crippen molar-refractivity contribution < 1.29 is 14.3 Å². The molecule has 3 N–H and O–H groups in total. The standard InChI is InChI=1S/C16H21N3O3.ClH/c17-10-12-6-7-14(22-12)15(20)18-13-8-9-19(16(13)21)11-4-2-1-3-5-11;/h1-5,12-14H,6-10,17H2,(H,18,20);1H/t12-,13?,14+;/m1./s1. The van der Waals surface area contributed by atoms with E-state index in [9.17, 15) is 9.59 Å². The molecule has 0 aliphatic carbocycles. The molecule has 23 heavy (non-hydrogen) atoms. The Balaban J connectivity index is 0.00000192. The van der Waals surface area contributed by atoms with Crippen LogP contribution in [0.15, 0.2) is 30.3 Å². The molecule has 2 amide bonds. The predicted octanol–water partition coefficient (Wildman–Crippen LogP) is 0.836.